The molecule has 96 valence electrons. The summed E-state index contributed by atoms with van der Waals surface area (Å²) in [6, 6.07) is 2.50. The molecular formula is C10H5F4NO3. The molecule has 0 radical (unpaired) electrons. The molecule has 0 aliphatic heterocycles. The minimum absolute atomic E-state index is 0.0695. The third kappa shape index (κ3) is 2.08. The van der Waals surface area contributed by atoms with E-state index in [1.54, 1.807) is 0 Å². The predicted octanol–water partition coefficient (Wildman–Crippen LogP) is 3.38. The third-order valence-corrected chi connectivity index (χ3v) is 2.21. The molecule has 0 saturated carbocycles. The maximum atomic E-state index is 13.2. The SMILES string of the molecule is O=C(O)Oc1cc2c(C(F)(F)F)c(F)ccc2[nH]1. The van der Waals surface area contributed by atoms with Crippen molar-refractivity contribution in [2.24, 2.45) is 0 Å². The molecule has 0 atom stereocenters. The highest BCUT2D eigenvalue weighted by Gasteiger charge is 2.36. The summed E-state index contributed by atoms with van der Waals surface area (Å²) in [5.41, 5.74) is -1.53. The van der Waals surface area contributed by atoms with Gasteiger partial charge in [-0.25, -0.2) is 9.18 Å². The van der Waals surface area contributed by atoms with Crippen LogP contribution in [0.1, 0.15) is 5.56 Å². The Morgan fingerprint density at radius 2 is 2.00 bits per heavy atom. The molecule has 0 amide bonds. The highest BCUT2D eigenvalue weighted by atomic mass is 19.4. The molecule has 0 fully saturated rings. The first kappa shape index (κ1) is 12.2. The maximum Gasteiger partial charge on any atom is 0.512 e. The average Bonchev–Trinajstić information content (AvgIpc) is 2.55. The van der Waals surface area contributed by atoms with Crippen molar-refractivity contribution in [2.75, 3.05) is 0 Å². The number of halogens is 4. The van der Waals surface area contributed by atoms with Crippen molar-refractivity contribution in [3.63, 3.8) is 0 Å². The Kier molecular flexibility index (Phi) is 2.64. The van der Waals surface area contributed by atoms with Crippen molar-refractivity contribution < 1.29 is 32.2 Å². The molecule has 1 aromatic heterocycles. The quantitative estimate of drug-likeness (QED) is 0.612. The zero-order chi connectivity index (χ0) is 13.5. The van der Waals surface area contributed by atoms with E-state index >= 15 is 0 Å². The van der Waals surface area contributed by atoms with Crippen LogP contribution in [-0.4, -0.2) is 16.2 Å². The molecule has 2 rings (SSSR count). The van der Waals surface area contributed by atoms with Gasteiger partial charge in [-0.3, -0.25) is 0 Å². The number of fused-ring (bicyclic) bond motifs is 1. The first-order valence-corrected chi connectivity index (χ1v) is 4.58. The second kappa shape index (κ2) is 3.90. The summed E-state index contributed by atoms with van der Waals surface area (Å²) >= 11 is 0. The molecular weight excluding hydrogens is 258 g/mol. The van der Waals surface area contributed by atoms with Crippen LogP contribution in [0.2, 0.25) is 0 Å². The fourth-order valence-electron chi connectivity index (χ4n) is 1.59. The second-order valence-corrected chi connectivity index (χ2v) is 3.38. The van der Waals surface area contributed by atoms with Crippen molar-refractivity contribution >= 4 is 17.1 Å². The van der Waals surface area contributed by atoms with Crippen molar-refractivity contribution in [3.05, 3.63) is 29.6 Å². The number of nitrogens with one attached hydrogen (secondary N) is 1. The van der Waals surface area contributed by atoms with Gasteiger partial charge < -0.3 is 14.8 Å². The maximum absolute atomic E-state index is 13.2. The minimum atomic E-state index is -4.88. The first-order chi connectivity index (χ1) is 8.29. The summed E-state index contributed by atoms with van der Waals surface area (Å²) in [6.07, 6.45) is -6.57. The fourth-order valence-corrected chi connectivity index (χ4v) is 1.59. The summed E-state index contributed by atoms with van der Waals surface area (Å²) in [7, 11) is 0. The van der Waals surface area contributed by atoms with E-state index in [0.717, 1.165) is 12.1 Å². The Morgan fingerprint density at radius 1 is 1.33 bits per heavy atom. The number of hydrogen-bond acceptors (Lipinski definition) is 2. The summed E-state index contributed by atoms with van der Waals surface area (Å²) in [4.78, 5) is 12.6. The lowest BCUT2D eigenvalue weighted by Crippen LogP contribution is -2.08. The Balaban J connectivity index is 2.65. The highest BCUT2D eigenvalue weighted by Crippen LogP contribution is 2.38. The summed E-state index contributed by atoms with van der Waals surface area (Å²) in [5, 5.41) is 7.85. The summed E-state index contributed by atoms with van der Waals surface area (Å²) in [6.45, 7) is 0. The molecule has 0 bridgehead atoms. The van der Waals surface area contributed by atoms with E-state index in [-0.39, 0.29) is 5.52 Å². The van der Waals surface area contributed by atoms with E-state index in [2.05, 4.69) is 9.72 Å². The topological polar surface area (TPSA) is 62.3 Å². The van der Waals surface area contributed by atoms with Crippen molar-refractivity contribution in [3.8, 4) is 5.88 Å². The molecule has 2 aromatic rings. The summed E-state index contributed by atoms with van der Waals surface area (Å²) in [5.74, 6) is -1.84. The first-order valence-electron chi connectivity index (χ1n) is 4.58. The van der Waals surface area contributed by atoms with Crippen LogP contribution in [0.5, 0.6) is 5.88 Å². The van der Waals surface area contributed by atoms with E-state index in [1.165, 1.54) is 0 Å². The summed E-state index contributed by atoms with van der Waals surface area (Å²) < 4.78 is 55.3. The van der Waals surface area contributed by atoms with Crippen LogP contribution in [-0.2, 0) is 6.18 Å². The Bertz CT molecular complexity index is 617. The third-order valence-electron chi connectivity index (χ3n) is 2.21. The van der Waals surface area contributed by atoms with Crippen LogP contribution in [0, 0.1) is 5.82 Å². The molecule has 1 heterocycles. The number of carboxylic acid groups (broad SMARTS) is 1. The van der Waals surface area contributed by atoms with Crippen LogP contribution >= 0.6 is 0 Å². The van der Waals surface area contributed by atoms with Gasteiger partial charge in [0.25, 0.3) is 0 Å². The van der Waals surface area contributed by atoms with Crippen LogP contribution < -0.4 is 4.74 Å². The van der Waals surface area contributed by atoms with E-state index < -0.39 is 35.0 Å². The fraction of sp³-hybridized carbons (Fsp3) is 0.100. The number of carbonyl (C=O) groups is 1. The van der Waals surface area contributed by atoms with E-state index in [4.69, 9.17) is 5.11 Å². The van der Waals surface area contributed by atoms with Gasteiger partial charge in [0.05, 0.1) is 0 Å². The number of hydrogen-bond donors (Lipinski definition) is 2. The normalized spacial score (nSPS) is 11.8. The number of aromatic nitrogens is 1. The van der Waals surface area contributed by atoms with Gasteiger partial charge in [0.15, 0.2) is 0 Å². The molecule has 8 heteroatoms. The second-order valence-electron chi connectivity index (χ2n) is 3.38. The molecule has 0 unspecified atom stereocenters. The Labute approximate surface area is 96.8 Å². The number of alkyl halides is 3. The molecule has 0 aliphatic rings. The molecule has 0 saturated heterocycles. The minimum Gasteiger partial charge on any atom is -0.449 e. The van der Waals surface area contributed by atoms with Crippen LogP contribution in [0.3, 0.4) is 0 Å². The zero-order valence-electron chi connectivity index (χ0n) is 8.51. The van der Waals surface area contributed by atoms with E-state index in [0.29, 0.717) is 6.07 Å². The molecule has 4 nitrogen and oxygen atoms in total. The van der Waals surface area contributed by atoms with Gasteiger partial charge in [0, 0.05) is 17.0 Å². The van der Waals surface area contributed by atoms with Crippen molar-refractivity contribution in [2.45, 2.75) is 6.18 Å². The number of H-pyrrole nitrogens is 1. The van der Waals surface area contributed by atoms with Gasteiger partial charge in [0.1, 0.15) is 11.4 Å². The lowest BCUT2D eigenvalue weighted by atomic mass is 10.1. The molecule has 0 aliphatic carbocycles. The van der Waals surface area contributed by atoms with Crippen LogP contribution in [0.4, 0.5) is 22.4 Å². The van der Waals surface area contributed by atoms with Gasteiger partial charge in [-0.1, -0.05) is 0 Å². The Morgan fingerprint density at radius 3 is 2.56 bits per heavy atom. The number of benzene rings is 1. The van der Waals surface area contributed by atoms with Crippen molar-refractivity contribution in [1.82, 2.24) is 4.98 Å². The number of aromatic amines is 1. The van der Waals surface area contributed by atoms with Gasteiger partial charge in [-0.05, 0) is 12.1 Å². The lowest BCUT2D eigenvalue weighted by Gasteiger charge is -2.08. The number of rotatable bonds is 1. The van der Waals surface area contributed by atoms with Gasteiger partial charge in [0.2, 0.25) is 5.88 Å². The standard InChI is InChI=1S/C10H5F4NO3/c11-5-1-2-6-4(8(5)10(12,13)14)3-7(15-6)18-9(16)17/h1-3,15H,(H,16,17). The van der Waals surface area contributed by atoms with Crippen LogP contribution in [0.25, 0.3) is 10.9 Å². The van der Waals surface area contributed by atoms with Gasteiger partial charge in [-0.2, -0.15) is 13.2 Å². The molecule has 2 N–H and O–H groups in total. The van der Waals surface area contributed by atoms with Gasteiger partial charge >= 0.3 is 12.3 Å². The Hall–Kier alpha value is -2.25. The van der Waals surface area contributed by atoms with Gasteiger partial charge in [-0.15, -0.1) is 0 Å². The van der Waals surface area contributed by atoms with Crippen LogP contribution in [0.15, 0.2) is 18.2 Å². The molecule has 18 heavy (non-hydrogen) atoms. The monoisotopic (exact) mass is 263 g/mol. The smallest absolute Gasteiger partial charge is 0.449 e. The predicted molar refractivity (Wildman–Crippen MR) is 51.9 cm³/mol. The molecule has 0 spiro atoms. The largest absolute Gasteiger partial charge is 0.512 e. The van der Waals surface area contributed by atoms with Crippen molar-refractivity contribution in [1.29, 1.82) is 0 Å². The highest BCUT2D eigenvalue weighted by molar-refractivity contribution is 5.86. The zero-order valence-corrected chi connectivity index (χ0v) is 8.51. The van der Waals surface area contributed by atoms with E-state index in [9.17, 15) is 22.4 Å². The average molecular weight is 263 g/mol. The van der Waals surface area contributed by atoms with E-state index in [1.807, 2.05) is 0 Å². The number of ether oxygens (including phenoxy) is 1. The molecule has 1 aromatic carbocycles. The lowest BCUT2D eigenvalue weighted by molar-refractivity contribution is -0.138.